The summed E-state index contributed by atoms with van der Waals surface area (Å²) in [5, 5.41) is 8.56. The van der Waals surface area contributed by atoms with Gasteiger partial charge in [-0.1, -0.05) is 23.7 Å². The van der Waals surface area contributed by atoms with Crippen LogP contribution < -0.4 is 10.2 Å². The first-order valence-corrected chi connectivity index (χ1v) is 8.63. The van der Waals surface area contributed by atoms with E-state index in [-0.39, 0.29) is 0 Å². The maximum atomic E-state index is 6.08. The number of nitrogens with one attached hydrogen (secondary N) is 1. The Morgan fingerprint density at radius 2 is 2.24 bits per heavy atom. The minimum Gasteiger partial charge on any atom is -0.355 e. The van der Waals surface area contributed by atoms with Crippen molar-refractivity contribution in [1.82, 2.24) is 25.1 Å². The van der Waals surface area contributed by atoms with Crippen molar-refractivity contribution in [3.05, 3.63) is 59.0 Å². The number of hydrogen-bond acceptors (Lipinski definition) is 5. The molecule has 0 radical (unpaired) electrons. The number of halogens is 1. The highest BCUT2D eigenvalue weighted by atomic mass is 35.5. The van der Waals surface area contributed by atoms with Crippen molar-refractivity contribution < 1.29 is 0 Å². The van der Waals surface area contributed by atoms with Gasteiger partial charge >= 0.3 is 0 Å². The van der Waals surface area contributed by atoms with Crippen LogP contribution in [0.1, 0.15) is 11.3 Å². The van der Waals surface area contributed by atoms with Gasteiger partial charge in [-0.15, -0.1) is 0 Å². The maximum Gasteiger partial charge on any atom is 0.161 e. The predicted molar refractivity (Wildman–Crippen MR) is 98.5 cm³/mol. The number of anilines is 1. The number of benzene rings is 1. The van der Waals surface area contributed by atoms with Gasteiger partial charge in [-0.05, 0) is 18.2 Å². The molecule has 2 aromatic heterocycles. The molecule has 7 heteroatoms. The van der Waals surface area contributed by atoms with E-state index in [1.165, 1.54) is 11.3 Å². The molecule has 0 spiro atoms. The minimum atomic E-state index is 0.672. The standard InChI is InChI=1S/C18H19ClN6/c1-24(12-14-10-22-25-8-7-20-11-16(14)25)17-5-6-21-18(23-17)13-3-2-4-15(19)9-13/h2-6,9-10,20H,7-8,11-12H2,1H3. The van der Waals surface area contributed by atoms with Gasteiger partial charge in [-0.25, -0.2) is 9.97 Å². The van der Waals surface area contributed by atoms with Gasteiger partial charge in [0.1, 0.15) is 5.82 Å². The third-order valence-corrected chi connectivity index (χ3v) is 4.59. The SMILES string of the molecule is CN(Cc1cnn2c1CNCC2)c1ccnc(-c2cccc(Cl)c2)n1. The molecule has 0 saturated carbocycles. The summed E-state index contributed by atoms with van der Waals surface area (Å²) >= 11 is 6.08. The van der Waals surface area contributed by atoms with E-state index in [1.807, 2.05) is 43.6 Å². The number of hydrogen-bond donors (Lipinski definition) is 1. The number of aromatic nitrogens is 4. The molecule has 0 saturated heterocycles. The van der Waals surface area contributed by atoms with E-state index in [0.717, 1.165) is 37.6 Å². The highest BCUT2D eigenvalue weighted by Gasteiger charge is 2.16. The maximum absolute atomic E-state index is 6.08. The highest BCUT2D eigenvalue weighted by molar-refractivity contribution is 6.30. The Balaban J connectivity index is 1.57. The van der Waals surface area contributed by atoms with Crippen molar-refractivity contribution in [3.8, 4) is 11.4 Å². The summed E-state index contributed by atoms with van der Waals surface area (Å²) in [5.74, 6) is 1.54. The van der Waals surface area contributed by atoms with E-state index in [1.54, 1.807) is 6.20 Å². The van der Waals surface area contributed by atoms with Crippen LogP contribution >= 0.6 is 11.6 Å². The Morgan fingerprint density at radius 1 is 1.32 bits per heavy atom. The van der Waals surface area contributed by atoms with E-state index in [4.69, 9.17) is 11.6 Å². The molecule has 0 fully saturated rings. The van der Waals surface area contributed by atoms with Crippen molar-refractivity contribution >= 4 is 17.4 Å². The van der Waals surface area contributed by atoms with Crippen LogP contribution in [0.3, 0.4) is 0 Å². The normalized spacial score (nSPS) is 13.5. The van der Waals surface area contributed by atoms with Crippen LogP contribution in [0.25, 0.3) is 11.4 Å². The van der Waals surface area contributed by atoms with Crippen molar-refractivity contribution in [2.75, 3.05) is 18.5 Å². The van der Waals surface area contributed by atoms with Gasteiger partial charge in [0, 0.05) is 49.0 Å². The molecule has 3 heterocycles. The Kier molecular flexibility index (Phi) is 4.38. The summed E-state index contributed by atoms with van der Waals surface area (Å²) in [7, 11) is 2.03. The molecule has 0 amide bonds. The molecule has 1 aliphatic rings. The number of fused-ring (bicyclic) bond motifs is 1. The average Bonchev–Trinajstić information content (AvgIpc) is 3.05. The topological polar surface area (TPSA) is 58.9 Å². The summed E-state index contributed by atoms with van der Waals surface area (Å²) in [5.41, 5.74) is 3.38. The fraction of sp³-hybridized carbons (Fsp3) is 0.278. The Bertz CT molecular complexity index is 891. The molecule has 1 aliphatic heterocycles. The number of nitrogens with zero attached hydrogens (tertiary/aromatic N) is 5. The van der Waals surface area contributed by atoms with Crippen LogP contribution in [0.4, 0.5) is 5.82 Å². The van der Waals surface area contributed by atoms with Crippen LogP contribution in [0.2, 0.25) is 5.02 Å². The largest absolute Gasteiger partial charge is 0.355 e. The zero-order valence-corrected chi connectivity index (χ0v) is 14.7. The van der Waals surface area contributed by atoms with Crippen LogP contribution in [0.15, 0.2) is 42.7 Å². The van der Waals surface area contributed by atoms with Crippen molar-refractivity contribution in [2.24, 2.45) is 0 Å². The minimum absolute atomic E-state index is 0.672. The molecule has 3 aromatic rings. The summed E-state index contributed by atoms with van der Waals surface area (Å²) in [6.07, 6.45) is 3.74. The van der Waals surface area contributed by atoms with Gasteiger partial charge in [-0.2, -0.15) is 5.10 Å². The lowest BCUT2D eigenvalue weighted by Gasteiger charge is -2.21. The monoisotopic (exact) mass is 354 g/mol. The highest BCUT2D eigenvalue weighted by Crippen LogP contribution is 2.22. The number of rotatable bonds is 4. The fourth-order valence-electron chi connectivity index (χ4n) is 3.04. The second-order valence-corrected chi connectivity index (χ2v) is 6.56. The molecule has 1 N–H and O–H groups in total. The van der Waals surface area contributed by atoms with Crippen molar-refractivity contribution in [2.45, 2.75) is 19.6 Å². The fourth-order valence-corrected chi connectivity index (χ4v) is 3.23. The van der Waals surface area contributed by atoms with Gasteiger partial charge in [-0.3, -0.25) is 4.68 Å². The van der Waals surface area contributed by atoms with Crippen molar-refractivity contribution in [1.29, 1.82) is 0 Å². The van der Waals surface area contributed by atoms with Crippen LogP contribution in [0, 0.1) is 0 Å². The third-order valence-electron chi connectivity index (χ3n) is 4.35. The summed E-state index contributed by atoms with van der Waals surface area (Å²) in [6.45, 7) is 3.51. The van der Waals surface area contributed by atoms with E-state index in [9.17, 15) is 0 Å². The lowest BCUT2D eigenvalue weighted by Crippen LogP contribution is -2.29. The predicted octanol–water partition coefficient (Wildman–Crippen LogP) is 2.73. The van der Waals surface area contributed by atoms with Gasteiger partial charge < -0.3 is 10.2 Å². The summed E-state index contributed by atoms with van der Waals surface area (Å²) < 4.78 is 2.08. The van der Waals surface area contributed by atoms with Crippen LogP contribution in [0.5, 0.6) is 0 Å². The molecule has 4 rings (SSSR count). The molecular formula is C18H19ClN6. The van der Waals surface area contributed by atoms with Crippen LogP contribution in [-0.4, -0.2) is 33.3 Å². The Labute approximate surface area is 151 Å². The second-order valence-electron chi connectivity index (χ2n) is 6.12. The first-order chi connectivity index (χ1) is 12.2. The van der Waals surface area contributed by atoms with E-state index < -0.39 is 0 Å². The molecule has 1 aromatic carbocycles. The zero-order chi connectivity index (χ0) is 17.2. The summed E-state index contributed by atoms with van der Waals surface area (Å²) in [6, 6.07) is 9.51. The third kappa shape index (κ3) is 3.36. The molecule has 0 unspecified atom stereocenters. The smallest absolute Gasteiger partial charge is 0.161 e. The summed E-state index contributed by atoms with van der Waals surface area (Å²) in [4.78, 5) is 11.2. The lowest BCUT2D eigenvalue weighted by atomic mass is 10.2. The molecule has 128 valence electrons. The van der Waals surface area contributed by atoms with Gasteiger partial charge in [0.05, 0.1) is 18.4 Å². The lowest BCUT2D eigenvalue weighted by molar-refractivity contribution is 0.473. The van der Waals surface area contributed by atoms with E-state index >= 15 is 0 Å². The molecule has 0 bridgehead atoms. The molecular weight excluding hydrogens is 336 g/mol. The van der Waals surface area contributed by atoms with Gasteiger partial charge in [0.15, 0.2) is 5.82 Å². The second kappa shape index (κ2) is 6.82. The molecule has 6 nitrogen and oxygen atoms in total. The van der Waals surface area contributed by atoms with Crippen molar-refractivity contribution in [3.63, 3.8) is 0 Å². The molecule has 0 aliphatic carbocycles. The van der Waals surface area contributed by atoms with Gasteiger partial charge in [0.25, 0.3) is 0 Å². The zero-order valence-electron chi connectivity index (χ0n) is 14.0. The molecule has 25 heavy (non-hydrogen) atoms. The Morgan fingerprint density at radius 3 is 3.12 bits per heavy atom. The van der Waals surface area contributed by atoms with E-state index in [0.29, 0.717) is 10.8 Å². The van der Waals surface area contributed by atoms with Gasteiger partial charge in [0.2, 0.25) is 0 Å². The van der Waals surface area contributed by atoms with E-state index in [2.05, 4.69) is 30.0 Å². The Hall–Kier alpha value is -2.44. The first-order valence-electron chi connectivity index (χ1n) is 8.25. The van der Waals surface area contributed by atoms with Crippen LogP contribution in [-0.2, 0) is 19.6 Å². The molecule has 0 atom stereocenters. The first kappa shape index (κ1) is 16.1. The quantitative estimate of drug-likeness (QED) is 0.780. The average molecular weight is 355 g/mol.